The number of hydrogen-bond donors (Lipinski definition) is 2. The molecule has 3 unspecified atom stereocenters. The summed E-state index contributed by atoms with van der Waals surface area (Å²) in [6.45, 7) is 2.37. The predicted molar refractivity (Wildman–Crippen MR) is 155 cm³/mol. The second kappa shape index (κ2) is 10.2. The van der Waals surface area contributed by atoms with Crippen LogP contribution in [-0.2, 0) is 12.8 Å². The van der Waals surface area contributed by atoms with Crippen LogP contribution in [0.3, 0.4) is 0 Å². The van der Waals surface area contributed by atoms with E-state index in [1.54, 1.807) is 20.3 Å². The lowest BCUT2D eigenvalue weighted by Crippen LogP contribution is -2.41. The maximum absolute atomic E-state index is 6.31. The van der Waals surface area contributed by atoms with Gasteiger partial charge in [0, 0.05) is 29.7 Å². The molecule has 1 aliphatic heterocycles. The fraction of sp³-hybridized carbons (Fsp3) is 0.467. The van der Waals surface area contributed by atoms with Gasteiger partial charge >= 0.3 is 0 Å². The molecular weight excluding hydrogens is 504 g/mol. The van der Waals surface area contributed by atoms with Gasteiger partial charge in [-0.05, 0) is 86.2 Å². The van der Waals surface area contributed by atoms with Crippen molar-refractivity contribution in [1.29, 1.82) is 0 Å². The molecule has 4 aromatic rings. The molecule has 0 saturated heterocycles. The standard InChI is InChI=1S/C30H36N8O2/c1-39-26-15-23-24(16-27(26)40-2)32-17-33-28(23)38-29(31)35-30(36-38)34-22-8-7-19-9-11-37(10-3-4-20(19)14-22)25-13-18-5-6-21(25)12-18/h7-8,14-18,21,25H,3-6,9-13H2,1-2H3,(H3,31,34,35,36). The number of hydrogen-bond acceptors (Lipinski definition) is 9. The first-order chi connectivity index (χ1) is 19.6. The van der Waals surface area contributed by atoms with Gasteiger partial charge in [0.25, 0.3) is 0 Å². The summed E-state index contributed by atoms with van der Waals surface area (Å²) < 4.78 is 12.4. The third-order valence-corrected chi connectivity index (χ3v) is 9.14. The Labute approximate surface area is 233 Å². The fourth-order valence-corrected chi connectivity index (χ4v) is 7.22. The average Bonchev–Trinajstić information content (AvgIpc) is 3.69. The summed E-state index contributed by atoms with van der Waals surface area (Å²) in [5.74, 6) is 4.25. The van der Waals surface area contributed by atoms with Gasteiger partial charge in [0.15, 0.2) is 17.3 Å². The van der Waals surface area contributed by atoms with Gasteiger partial charge in [0.05, 0.1) is 19.7 Å². The number of benzene rings is 2. The Morgan fingerprint density at radius 2 is 1.82 bits per heavy atom. The molecule has 2 aromatic heterocycles. The van der Waals surface area contributed by atoms with Gasteiger partial charge < -0.3 is 20.5 Å². The number of fused-ring (bicyclic) bond motifs is 4. The van der Waals surface area contributed by atoms with Crippen LogP contribution in [0.4, 0.5) is 17.6 Å². The van der Waals surface area contributed by atoms with Gasteiger partial charge in [-0.15, -0.1) is 5.10 Å². The summed E-state index contributed by atoms with van der Waals surface area (Å²) in [7, 11) is 3.19. The first kappa shape index (κ1) is 25.1. The summed E-state index contributed by atoms with van der Waals surface area (Å²) in [5.41, 5.74) is 10.8. The molecule has 3 aliphatic rings. The molecule has 0 amide bonds. The number of ether oxygens (including phenoxy) is 2. The van der Waals surface area contributed by atoms with E-state index in [0.29, 0.717) is 28.8 Å². The molecule has 2 aliphatic carbocycles. The number of nitrogen functional groups attached to an aromatic ring is 1. The van der Waals surface area contributed by atoms with Crippen molar-refractivity contribution in [1.82, 2.24) is 29.6 Å². The number of methoxy groups -OCH3 is 2. The van der Waals surface area contributed by atoms with Crippen LogP contribution in [0.25, 0.3) is 16.7 Å². The van der Waals surface area contributed by atoms with E-state index in [-0.39, 0.29) is 5.95 Å². The molecule has 10 heteroatoms. The van der Waals surface area contributed by atoms with Crippen molar-refractivity contribution >= 4 is 28.5 Å². The fourth-order valence-electron chi connectivity index (χ4n) is 7.22. The molecule has 40 heavy (non-hydrogen) atoms. The minimum absolute atomic E-state index is 0.226. The lowest BCUT2D eigenvalue weighted by Gasteiger charge is -2.36. The van der Waals surface area contributed by atoms with Crippen molar-refractivity contribution in [2.75, 3.05) is 38.4 Å². The lowest BCUT2D eigenvalue weighted by atomic mass is 9.91. The molecule has 10 nitrogen and oxygen atoms in total. The molecule has 3 heterocycles. The smallest absolute Gasteiger partial charge is 0.248 e. The quantitative estimate of drug-likeness (QED) is 0.364. The van der Waals surface area contributed by atoms with Crippen LogP contribution in [0.1, 0.15) is 43.2 Å². The molecule has 208 valence electrons. The molecule has 7 rings (SSSR count). The van der Waals surface area contributed by atoms with Gasteiger partial charge in [-0.2, -0.15) is 9.67 Å². The van der Waals surface area contributed by atoms with E-state index in [9.17, 15) is 0 Å². The first-order valence-corrected chi connectivity index (χ1v) is 14.3. The Morgan fingerprint density at radius 1 is 0.950 bits per heavy atom. The molecule has 0 radical (unpaired) electrons. The summed E-state index contributed by atoms with van der Waals surface area (Å²) in [4.78, 5) is 16.1. The number of nitrogens with zero attached hydrogens (tertiary/aromatic N) is 6. The molecule has 3 atom stereocenters. The van der Waals surface area contributed by atoms with Gasteiger partial charge in [-0.3, -0.25) is 4.90 Å². The largest absolute Gasteiger partial charge is 0.493 e. The molecule has 3 N–H and O–H groups in total. The summed E-state index contributed by atoms with van der Waals surface area (Å²) >= 11 is 0. The summed E-state index contributed by atoms with van der Waals surface area (Å²) in [5, 5.41) is 8.73. The van der Waals surface area contributed by atoms with E-state index in [1.807, 2.05) is 6.07 Å². The highest BCUT2D eigenvalue weighted by molar-refractivity contribution is 5.88. The molecule has 0 spiro atoms. The topological polar surface area (TPSA) is 116 Å². The average molecular weight is 541 g/mol. The van der Waals surface area contributed by atoms with Crippen LogP contribution in [-0.4, -0.2) is 63.0 Å². The van der Waals surface area contributed by atoms with Crippen LogP contribution in [0.2, 0.25) is 0 Å². The van der Waals surface area contributed by atoms with Gasteiger partial charge in [0.2, 0.25) is 11.9 Å². The number of aromatic nitrogens is 5. The van der Waals surface area contributed by atoms with Crippen molar-refractivity contribution in [3.05, 3.63) is 47.8 Å². The van der Waals surface area contributed by atoms with Crippen molar-refractivity contribution in [2.24, 2.45) is 11.8 Å². The van der Waals surface area contributed by atoms with E-state index in [4.69, 9.17) is 15.2 Å². The van der Waals surface area contributed by atoms with Crippen molar-refractivity contribution in [3.8, 4) is 17.3 Å². The van der Waals surface area contributed by atoms with E-state index in [0.717, 1.165) is 41.8 Å². The number of rotatable bonds is 6. The van der Waals surface area contributed by atoms with Crippen LogP contribution in [0.15, 0.2) is 36.7 Å². The Kier molecular flexibility index (Phi) is 6.42. The van der Waals surface area contributed by atoms with Crippen LogP contribution in [0, 0.1) is 11.8 Å². The van der Waals surface area contributed by atoms with Crippen molar-refractivity contribution < 1.29 is 9.47 Å². The van der Waals surface area contributed by atoms with Crippen LogP contribution in [0.5, 0.6) is 11.5 Å². The lowest BCUT2D eigenvalue weighted by molar-refractivity contribution is 0.140. The normalized spacial score (nSPS) is 22.6. The Hall–Kier alpha value is -3.92. The Morgan fingerprint density at radius 3 is 2.62 bits per heavy atom. The zero-order chi connectivity index (χ0) is 27.2. The third kappa shape index (κ3) is 4.50. The maximum atomic E-state index is 6.31. The number of aryl methyl sites for hydroxylation is 1. The third-order valence-electron chi connectivity index (χ3n) is 9.14. The van der Waals surface area contributed by atoms with E-state index < -0.39 is 0 Å². The highest BCUT2D eigenvalue weighted by atomic mass is 16.5. The zero-order valence-electron chi connectivity index (χ0n) is 23.1. The molecule has 2 saturated carbocycles. The number of anilines is 3. The van der Waals surface area contributed by atoms with Crippen LogP contribution < -0.4 is 20.5 Å². The maximum Gasteiger partial charge on any atom is 0.248 e. The Balaban J connectivity index is 1.10. The SMILES string of the molecule is COc1cc2ncnc(-n3nc(Nc4ccc5c(c4)CCCN(C4CC6CCC4C6)CC5)nc3N)c2cc1OC. The van der Waals surface area contributed by atoms with Crippen LogP contribution >= 0.6 is 0 Å². The second-order valence-corrected chi connectivity index (χ2v) is 11.4. The van der Waals surface area contributed by atoms with Gasteiger partial charge in [-0.25, -0.2) is 9.97 Å². The van der Waals surface area contributed by atoms with E-state index in [1.165, 1.54) is 67.3 Å². The number of nitrogens with one attached hydrogen (secondary N) is 1. The highest BCUT2D eigenvalue weighted by Crippen LogP contribution is 2.47. The molecular formula is C30H36N8O2. The van der Waals surface area contributed by atoms with Gasteiger partial charge in [-0.1, -0.05) is 12.5 Å². The highest BCUT2D eigenvalue weighted by Gasteiger charge is 2.42. The molecule has 2 aromatic carbocycles. The minimum atomic E-state index is 0.226. The number of nitrogens with two attached hydrogens (primary N) is 1. The monoisotopic (exact) mass is 540 g/mol. The van der Waals surface area contributed by atoms with E-state index >= 15 is 0 Å². The molecule has 2 bridgehead atoms. The van der Waals surface area contributed by atoms with E-state index in [2.05, 4.69) is 48.5 Å². The Bertz CT molecular complexity index is 1550. The summed E-state index contributed by atoms with van der Waals surface area (Å²) in [6, 6.07) is 11.1. The zero-order valence-corrected chi connectivity index (χ0v) is 23.1. The summed E-state index contributed by atoms with van der Waals surface area (Å²) in [6.07, 6.45) is 10.7. The second-order valence-electron chi connectivity index (χ2n) is 11.4. The first-order valence-electron chi connectivity index (χ1n) is 14.3. The molecule has 2 fully saturated rings. The van der Waals surface area contributed by atoms with Crippen molar-refractivity contribution in [3.63, 3.8) is 0 Å². The van der Waals surface area contributed by atoms with Crippen molar-refractivity contribution in [2.45, 2.75) is 51.0 Å². The predicted octanol–water partition coefficient (Wildman–Crippen LogP) is 4.53. The minimum Gasteiger partial charge on any atom is -0.493 e. The van der Waals surface area contributed by atoms with Gasteiger partial charge in [0.1, 0.15) is 6.33 Å².